The Balaban J connectivity index is 1.49. The molecule has 0 saturated carbocycles. The molecule has 6 heteroatoms. The Hall–Kier alpha value is -2.44. The van der Waals surface area contributed by atoms with Gasteiger partial charge < -0.3 is 15.0 Å². The van der Waals surface area contributed by atoms with Crippen molar-refractivity contribution in [2.24, 2.45) is 0 Å². The highest BCUT2D eigenvalue weighted by Crippen LogP contribution is 2.22. The fourth-order valence-electron chi connectivity index (χ4n) is 4.02. The van der Waals surface area contributed by atoms with Crippen molar-refractivity contribution in [3.63, 3.8) is 0 Å². The maximum absolute atomic E-state index is 13.1. The number of hydrogen-bond donors (Lipinski definition) is 1. The number of likely N-dealkylation sites (N-methyl/N-ethyl adjacent to an activating group) is 1. The molecule has 0 spiro atoms. The van der Waals surface area contributed by atoms with Crippen LogP contribution in [0.5, 0.6) is 0 Å². The van der Waals surface area contributed by atoms with Crippen LogP contribution in [0, 0.1) is 5.82 Å². The second-order valence-electron chi connectivity index (χ2n) is 8.23. The number of ether oxygens (including phenoxy) is 1. The van der Waals surface area contributed by atoms with E-state index in [1.807, 2.05) is 6.92 Å². The minimum Gasteiger partial charge on any atom is -0.381 e. The molecule has 0 aliphatic carbocycles. The van der Waals surface area contributed by atoms with Gasteiger partial charge in [-0.15, -0.1) is 0 Å². The smallest absolute Gasteiger partial charge is 0.234 e. The van der Waals surface area contributed by atoms with E-state index >= 15 is 0 Å². The first-order valence-electron chi connectivity index (χ1n) is 11.1. The maximum atomic E-state index is 13.1. The molecule has 1 aliphatic heterocycles. The third-order valence-electron chi connectivity index (χ3n) is 6.04. The van der Waals surface area contributed by atoms with E-state index in [9.17, 15) is 9.18 Å². The van der Waals surface area contributed by atoms with E-state index in [1.54, 1.807) is 19.2 Å². The lowest BCUT2D eigenvalue weighted by molar-refractivity contribution is -0.123. The van der Waals surface area contributed by atoms with E-state index in [4.69, 9.17) is 4.74 Å². The molecule has 5 nitrogen and oxygen atoms in total. The van der Waals surface area contributed by atoms with Gasteiger partial charge in [0, 0.05) is 32.4 Å². The van der Waals surface area contributed by atoms with Crippen LogP contribution in [0.2, 0.25) is 0 Å². The van der Waals surface area contributed by atoms with Crippen molar-refractivity contribution in [3.05, 3.63) is 65.5 Å². The Morgan fingerprint density at radius 1 is 1.16 bits per heavy atom. The van der Waals surface area contributed by atoms with Gasteiger partial charge >= 0.3 is 0 Å². The van der Waals surface area contributed by atoms with Crippen LogP contribution in [0.4, 0.5) is 10.1 Å². The molecule has 1 amide bonds. The summed E-state index contributed by atoms with van der Waals surface area (Å²) < 4.78 is 18.6. The molecule has 2 aromatic carbocycles. The Kier molecular flexibility index (Phi) is 8.43. The van der Waals surface area contributed by atoms with Crippen LogP contribution in [0.3, 0.4) is 0 Å². The van der Waals surface area contributed by atoms with Crippen molar-refractivity contribution in [3.8, 4) is 0 Å². The molecule has 0 aromatic heterocycles. The minimum atomic E-state index is -0.273. The van der Waals surface area contributed by atoms with E-state index in [0.29, 0.717) is 12.6 Å². The van der Waals surface area contributed by atoms with E-state index in [1.165, 1.54) is 23.4 Å². The number of carbonyl (C=O) groups is 1. The highest BCUT2D eigenvalue weighted by molar-refractivity contribution is 5.78. The van der Waals surface area contributed by atoms with Crippen molar-refractivity contribution in [1.82, 2.24) is 10.2 Å². The zero-order valence-corrected chi connectivity index (χ0v) is 18.8. The Morgan fingerprint density at radius 3 is 2.39 bits per heavy atom. The zero-order valence-electron chi connectivity index (χ0n) is 18.8. The molecular weight excluding hydrogens is 393 g/mol. The quantitative estimate of drug-likeness (QED) is 0.653. The fourth-order valence-corrected chi connectivity index (χ4v) is 4.02. The summed E-state index contributed by atoms with van der Waals surface area (Å²) in [5.41, 5.74) is 3.33. The molecule has 31 heavy (non-hydrogen) atoms. The van der Waals surface area contributed by atoms with E-state index in [2.05, 4.69) is 46.3 Å². The van der Waals surface area contributed by atoms with Crippen molar-refractivity contribution in [2.75, 3.05) is 38.2 Å². The first-order chi connectivity index (χ1) is 15.0. The molecule has 0 radical (unpaired) electrons. The van der Waals surface area contributed by atoms with Gasteiger partial charge in [0.25, 0.3) is 0 Å². The number of rotatable bonds is 9. The van der Waals surface area contributed by atoms with Gasteiger partial charge in [-0.25, -0.2) is 4.39 Å². The molecule has 0 bridgehead atoms. The Bertz CT molecular complexity index is 818. The van der Waals surface area contributed by atoms with Crippen molar-refractivity contribution >= 4 is 11.6 Å². The van der Waals surface area contributed by atoms with Gasteiger partial charge in [-0.3, -0.25) is 9.69 Å². The number of anilines is 1. The lowest BCUT2D eigenvalue weighted by Crippen LogP contribution is -2.38. The number of piperidine rings is 1. The van der Waals surface area contributed by atoms with Crippen molar-refractivity contribution < 1.29 is 13.9 Å². The standard InChI is InChI=1S/C25H34FN3O2/c1-4-28(18-25(30)27-19(2)21-7-9-22(26)10-8-21)17-20-5-11-23(12-6-20)29-15-13-24(31-3)14-16-29/h5-12,19,24H,4,13-18H2,1-3H3,(H,27,30)/t19-/m0/s1. The number of carbonyl (C=O) groups excluding carboxylic acids is 1. The molecular formula is C25H34FN3O2. The SMILES string of the molecule is CCN(CC(=O)N[C@@H](C)c1ccc(F)cc1)Cc1ccc(N2CCC(OC)CC2)cc1. The average Bonchev–Trinajstić information content (AvgIpc) is 2.79. The van der Waals surface area contributed by atoms with Crippen LogP contribution < -0.4 is 10.2 Å². The number of halogens is 1. The fraction of sp³-hybridized carbons (Fsp3) is 0.480. The van der Waals surface area contributed by atoms with Gasteiger partial charge in [0.15, 0.2) is 0 Å². The number of hydrogen-bond acceptors (Lipinski definition) is 4. The third kappa shape index (κ3) is 6.77. The van der Waals surface area contributed by atoms with Crippen LogP contribution in [-0.2, 0) is 16.1 Å². The summed E-state index contributed by atoms with van der Waals surface area (Å²) >= 11 is 0. The third-order valence-corrected chi connectivity index (χ3v) is 6.04. The molecule has 168 valence electrons. The second-order valence-corrected chi connectivity index (χ2v) is 8.23. The second kappa shape index (κ2) is 11.3. The number of nitrogens with zero attached hydrogens (tertiary/aromatic N) is 2. The molecule has 1 heterocycles. The first-order valence-corrected chi connectivity index (χ1v) is 11.1. The first kappa shape index (κ1) is 23.2. The average molecular weight is 428 g/mol. The van der Waals surface area contributed by atoms with Gasteiger partial charge in [-0.2, -0.15) is 0 Å². The van der Waals surface area contributed by atoms with Gasteiger partial charge in [0.1, 0.15) is 5.82 Å². The summed E-state index contributed by atoms with van der Waals surface area (Å²) in [4.78, 5) is 17.0. The summed E-state index contributed by atoms with van der Waals surface area (Å²) in [5, 5.41) is 3.01. The molecule has 1 N–H and O–H groups in total. The van der Waals surface area contributed by atoms with E-state index in [0.717, 1.165) is 44.6 Å². The van der Waals surface area contributed by atoms with Gasteiger partial charge in [-0.05, 0) is 61.7 Å². The topological polar surface area (TPSA) is 44.8 Å². The van der Waals surface area contributed by atoms with Crippen molar-refractivity contribution in [2.45, 2.75) is 45.4 Å². The van der Waals surface area contributed by atoms with Crippen LogP contribution in [0.15, 0.2) is 48.5 Å². The molecule has 1 atom stereocenters. The highest BCUT2D eigenvalue weighted by Gasteiger charge is 2.19. The molecule has 0 unspecified atom stereocenters. The zero-order chi connectivity index (χ0) is 22.2. The molecule has 1 fully saturated rings. The van der Waals surface area contributed by atoms with Crippen LogP contribution in [0.25, 0.3) is 0 Å². The number of methoxy groups -OCH3 is 1. The summed E-state index contributed by atoms with van der Waals surface area (Å²) in [6.07, 6.45) is 2.51. The predicted molar refractivity (Wildman–Crippen MR) is 123 cm³/mol. The van der Waals surface area contributed by atoms with Crippen LogP contribution in [-0.4, -0.2) is 50.2 Å². The lowest BCUT2D eigenvalue weighted by Gasteiger charge is -2.33. The maximum Gasteiger partial charge on any atom is 0.234 e. The summed E-state index contributed by atoms with van der Waals surface area (Å²) in [6.45, 7) is 7.84. The molecule has 2 aromatic rings. The van der Waals surface area contributed by atoms with E-state index in [-0.39, 0.29) is 17.8 Å². The minimum absolute atomic E-state index is 0.0312. The largest absolute Gasteiger partial charge is 0.381 e. The van der Waals surface area contributed by atoms with Gasteiger partial charge in [-0.1, -0.05) is 31.2 Å². The molecule has 1 saturated heterocycles. The number of amides is 1. The van der Waals surface area contributed by atoms with Crippen LogP contribution in [0.1, 0.15) is 43.9 Å². The normalized spacial score (nSPS) is 15.8. The van der Waals surface area contributed by atoms with E-state index < -0.39 is 0 Å². The summed E-state index contributed by atoms with van der Waals surface area (Å²) in [7, 11) is 1.79. The van der Waals surface area contributed by atoms with Crippen LogP contribution >= 0.6 is 0 Å². The summed E-state index contributed by atoms with van der Waals surface area (Å²) in [6, 6.07) is 14.7. The Morgan fingerprint density at radius 2 is 1.81 bits per heavy atom. The monoisotopic (exact) mass is 427 g/mol. The lowest BCUT2D eigenvalue weighted by atomic mass is 10.1. The Labute approximate surface area is 185 Å². The number of nitrogens with one attached hydrogen (secondary N) is 1. The highest BCUT2D eigenvalue weighted by atomic mass is 19.1. The number of benzene rings is 2. The summed E-state index contributed by atoms with van der Waals surface area (Å²) in [5.74, 6) is -0.304. The molecule has 1 aliphatic rings. The van der Waals surface area contributed by atoms with Gasteiger partial charge in [0.2, 0.25) is 5.91 Å². The molecule has 3 rings (SSSR count). The van der Waals surface area contributed by atoms with Gasteiger partial charge in [0.05, 0.1) is 18.7 Å². The van der Waals surface area contributed by atoms with Crippen molar-refractivity contribution in [1.29, 1.82) is 0 Å². The predicted octanol–water partition coefficient (Wildman–Crippen LogP) is 4.14.